The third-order valence-electron chi connectivity index (χ3n) is 4.45. The molecule has 6 nitrogen and oxygen atoms in total. The maximum Gasteiger partial charge on any atom is 0.259 e. The number of amides is 1. The van der Waals surface area contributed by atoms with Gasteiger partial charge in [-0.25, -0.2) is 13.4 Å². The van der Waals surface area contributed by atoms with Crippen LogP contribution in [0.1, 0.15) is 24.2 Å². The molecule has 3 rings (SSSR count). The molecule has 0 aliphatic rings. The van der Waals surface area contributed by atoms with Crippen LogP contribution in [0.3, 0.4) is 0 Å². The Morgan fingerprint density at radius 1 is 1.13 bits per heavy atom. The largest absolute Gasteiger partial charge is 0.298 e. The van der Waals surface area contributed by atoms with Gasteiger partial charge in [-0.05, 0) is 44.2 Å². The molecule has 1 heterocycles. The SMILES string of the molecule is CC(C)N(C)S(=O)(=O)c1ccc(Cl)c(C(=O)Nc2nc(-c3ccc(Cl)cc3)cs2)c1. The van der Waals surface area contributed by atoms with Crippen LogP contribution in [0.25, 0.3) is 11.3 Å². The number of hydrogen-bond acceptors (Lipinski definition) is 5. The molecular formula is C20H19Cl2N3O3S2. The van der Waals surface area contributed by atoms with E-state index in [1.165, 1.54) is 40.9 Å². The first-order valence-corrected chi connectivity index (χ1v) is 12.0. The molecule has 0 saturated carbocycles. The predicted molar refractivity (Wildman–Crippen MR) is 122 cm³/mol. The number of sulfonamides is 1. The summed E-state index contributed by atoms with van der Waals surface area (Å²) in [5.41, 5.74) is 1.60. The van der Waals surface area contributed by atoms with E-state index in [4.69, 9.17) is 23.2 Å². The maximum absolute atomic E-state index is 12.8. The zero-order valence-corrected chi connectivity index (χ0v) is 19.5. The fraction of sp³-hybridized carbons (Fsp3) is 0.200. The zero-order valence-electron chi connectivity index (χ0n) is 16.4. The lowest BCUT2D eigenvalue weighted by atomic mass is 10.2. The normalized spacial score (nSPS) is 11.8. The number of rotatable bonds is 6. The highest BCUT2D eigenvalue weighted by Gasteiger charge is 2.25. The van der Waals surface area contributed by atoms with Crippen molar-refractivity contribution in [3.05, 3.63) is 63.5 Å². The summed E-state index contributed by atoms with van der Waals surface area (Å²) in [7, 11) is -2.26. The van der Waals surface area contributed by atoms with Crippen molar-refractivity contribution in [2.24, 2.45) is 0 Å². The highest BCUT2D eigenvalue weighted by Crippen LogP contribution is 2.28. The minimum Gasteiger partial charge on any atom is -0.298 e. The lowest BCUT2D eigenvalue weighted by molar-refractivity contribution is 0.102. The van der Waals surface area contributed by atoms with E-state index in [1.807, 2.05) is 12.1 Å². The Hall–Kier alpha value is -1.97. The van der Waals surface area contributed by atoms with E-state index in [-0.39, 0.29) is 21.5 Å². The van der Waals surface area contributed by atoms with E-state index < -0.39 is 15.9 Å². The van der Waals surface area contributed by atoms with Crippen LogP contribution in [-0.4, -0.2) is 36.7 Å². The summed E-state index contributed by atoms with van der Waals surface area (Å²) in [5.74, 6) is -0.541. The molecule has 1 aromatic heterocycles. The van der Waals surface area contributed by atoms with Crippen molar-refractivity contribution in [1.29, 1.82) is 0 Å². The van der Waals surface area contributed by atoms with Gasteiger partial charge in [0, 0.05) is 29.1 Å². The van der Waals surface area contributed by atoms with Gasteiger partial charge >= 0.3 is 0 Å². The van der Waals surface area contributed by atoms with Crippen LogP contribution >= 0.6 is 34.5 Å². The topological polar surface area (TPSA) is 79.4 Å². The van der Waals surface area contributed by atoms with Crippen LogP contribution in [0.15, 0.2) is 52.7 Å². The van der Waals surface area contributed by atoms with Crippen LogP contribution in [0.4, 0.5) is 5.13 Å². The molecule has 2 aromatic carbocycles. The average molecular weight is 484 g/mol. The first-order chi connectivity index (χ1) is 14.1. The molecule has 0 radical (unpaired) electrons. The van der Waals surface area contributed by atoms with Crippen molar-refractivity contribution < 1.29 is 13.2 Å². The molecule has 1 N–H and O–H groups in total. The van der Waals surface area contributed by atoms with Gasteiger partial charge in [0.15, 0.2) is 5.13 Å². The molecule has 1 amide bonds. The summed E-state index contributed by atoms with van der Waals surface area (Å²) in [6, 6.07) is 11.0. The second kappa shape index (κ2) is 9.03. The standard InChI is InChI=1S/C20H19Cl2N3O3S2/c1-12(2)25(3)30(27,28)15-8-9-17(22)16(10-15)19(26)24-20-23-18(11-29-20)13-4-6-14(21)7-5-13/h4-12H,1-3H3,(H,23,24,26). The molecule has 10 heteroatoms. The second-order valence-electron chi connectivity index (χ2n) is 6.76. The Morgan fingerprint density at radius 3 is 2.43 bits per heavy atom. The minimum atomic E-state index is -3.75. The minimum absolute atomic E-state index is 0.00533. The third-order valence-corrected chi connectivity index (χ3v) is 7.82. The van der Waals surface area contributed by atoms with Crippen molar-refractivity contribution in [3.63, 3.8) is 0 Å². The van der Waals surface area contributed by atoms with Crippen LogP contribution in [0.5, 0.6) is 0 Å². The Morgan fingerprint density at radius 2 is 1.80 bits per heavy atom. The molecule has 0 aliphatic heterocycles. The number of aromatic nitrogens is 1. The van der Waals surface area contributed by atoms with E-state index in [0.717, 1.165) is 5.56 Å². The van der Waals surface area contributed by atoms with Crippen molar-refractivity contribution in [2.45, 2.75) is 24.8 Å². The summed E-state index contributed by atoms with van der Waals surface area (Å²) >= 11 is 13.3. The molecule has 158 valence electrons. The van der Waals surface area contributed by atoms with Crippen molar-refractivity contribution in [1.82, 2.24) is 9.29 Å². The number of carbonyl (C=O) groups is 1. The van der Waals surface area contributed by atoms with Crippen molar-refractivity contribution in [3.8, 4) is 11.3 Å². The predicted octanol–water partition coefficient (Wildman–Crippen LogP) is 5.40. The molecule has 0 atom stereocenters. The maximum atomic E-state index is 12.8. The molecule has 0 saturated heterocycles. The number of halogens is 2. The summed E-state index contributed by atoms with van der Waals surface area (Å²) < 4.78 is 26.7. The summed E-state index contributed by atoms with van der Waals surface area (Å²) in [6.07, 6.45) is 0. The average Bonchev–Trinajstić information content (AvgIpc) is 3.16. The molecule has 30 heavy (non-hydrogen) atoms. The summed E-state index contributed by atoms with van der Waals surface area (Å²) in [6.45, 7) is 3.53. The van der Waals surface area contributed by atoms with E-state index in [0.29, 0.717) is 15.8 Å². The Kier molecular flexibility index (Phi) is 6.84. The highest BCUT2D eigenvalue weighted by molar-refractivity contribution is 7.89. The van der Waals surface area contributed by atoms with Gasteiger partial charge in [-0.1, -0.05) is 35.3 Å². The summed E-state index contributed by atoms with van der Waals surface area (Å²) in [4.78, 5) is 17.1. The Labute approximate surface area is 189 Å². The Bertz CT molecular complexity index is 1180. The van der Waals surface area contributed by atoms with Crippen molar-refractivity contribution in [2.75, 3.05) is 12.4 Å². The van der Waals surface area contributed by atoms with Gasteiger partial charge in [-0.3, -0.25) is 10.1 Å². The second-order valence-corrected chi connectivity index (χ2v) is 10.5. The number of nitrogens with zero attached hydrogens (tertiary/aromatic N) is 2. The number of benzene rings is 2. The summed E-state index contributed by atoms with van der Waals surface area (Å²) in [5, 5.41) is 5.62. The van der Waals surface area contributed by atoms with E-state index >= 15 is 0 Å². The van der Waals surface area contributed by atoms with Crippen LogP contribution in [-0.2, 0) is 10.0 Å². The first kappa shape index (κ1) is 22.7. The number of anilines is 1. The van der Waals surface area contributed by atoms with Crippen molar-refractivity contribution >= 4 is 55.6 Å². The third kappa shape index (κ3) is 4.84. The molecular weight excluding hydrogens is 465 g/mol. The molecule has 3 aromatic rings. The van der Waals surface area contributed by atoms with Gasteiger partial charge < -0.3 is 0 Å². The smallest absolute Gasteiger partial charge is 0.259 e. The molecule has 0 fully saturated rings. The quantitative estimate of drug-likeness (QED) is 0.508. The molecule has 0 spiro atoms. The number of hydrogen-bond donors (Lipinski definition) is 1. The van der Waals surface area contributed by atoms with Gasteiger partial charge in [0.2, 0.25) is 10.0 Å². The number of carbonyl (C=O) groups excluding carboxylic acids is 1. The van der Waals surface area contributed by atoms with Gasteiger partial charge in [-0.15, -0.1) is 11.3 Å². The zero-order chi connectivity index (χ0) is 22.1. The Balaban J connectivity index is 1.85. The van der Waals surface area contributed by atoms with Crippen LogP contribution in [0.2, 0.25) is 10.0 Å². The molecule has 0 bridgehead atoms. The number of nitrogens with one attached hydrogen (secondary N) is 1. The van der Waals surface area contributed by atoms with Crippen LogP contribution < -0.4 is 5.32 Å². The first-order valence-electron chi connectivity index (χ1n) is 8.90. The lowest BCUT2D eigenvalue weighted by Crippen LogP contribution is -2.33. The van der Waals surface area contributed by atoms with E-state index in [2.05, 4.69) is 10.3 Å². The van der Waals surface area contributed by atoms with Crippen LogP contribution in [0, 0.1) is 0 Å². The monoisotopic (exact) mass is 483 g/mol. The highest BCUT2D eigenvalue weighted by atomic mass is 35.5. The van der Waals surface area contributed by atoms with Gasteiger partial charge in [0.1, 0.15) is 0 Å². The fourth-order valence-electron chi connectivity index (χ4n) is 2.53. The van der Waals surface area contributed by atoms with Gasteiger partial charge in [-0.2, -0.15) is 4.31 Å². The van der Waals surface area contributed by atoms with Gasteiger partial charge in [0.05, 0.1) is 21.2 Å². The van der Waals surface area contributed by atoms with E-state index in [9.17, 15) is 13.2 Å². The number of thiazole rings is 1. The van der Waals surface area contributed by atoms with E-state index in [1.54, 1.807) is 31.4 Å². The fourth-order valence-corrected chi connectivity index (χ4v) is 4.97. The van der Waals surface area contributed by atoms with Gasteiger partial charge in [0.25, 0.3) is 5.91 Å². The molecule has 0 unspecified atom stereocenters. The molecule has 0 aliphatic carbocycles. The lowest BCUT2D eigenvalue weighted by Gasteiger charge is -2.21.